The number of hydrogen-bond acceptors (Lipinski definition) is 5. The molecule has 0 bridgehead atoms. The van der Waals surface area contributed by atoms with Crippen LogP contribution >= 0.6 is 23.6 Å². The largest absolute Gasteiger partial charge is 0.506 e. The fraction of sp³-hybridized carbons (Fsp3) is 0.111. The number of aromatic nitrogens is 2. The van der Waals surface area contributed by atoms with Crippen molar-refractivity contribution in [2.75, 3.05) is 5.32 Å². The summed E-state index contributed by atoms with van der Waals surface area (Å²) >= 11 is 6.22. The number of H-pyrrole nitrogens is 1. The van der Waals surface area contributed by atoms with Crippen LogP contribution in [0, 0.1) is 10.9 Å². The fourth-order valence-electron chi connectivity index (χ4n) is 1.15. The Kier molecular flexibility index (Phi) is 2.70. The first-order valence-electron chi connectivity index (χ1n) is 4.27. The normalized spacial score (nSPS) is 10.2. The maximum absolute atomic E-state index is 9.64. The van der Waals surface area contributed by atoms with E-state index in [1.807, 2.05) is 13.0 Å². The first kappa shape index (κ1) is 10.1. The number of aryl methyl sites for hydroxylation is 1. The van der Waals surface area contributed by atoms with Gasteiger partial charge in [-0.25, -0.2) is 0 Å². The van der Waals surface area contributed by atoms with Crippen molar-refractivity contribution >= 4 is 34.4 Å². The molecule has 0 fully saturated rings. The van der Waals surface area contributed by atoms with Crippen molar-refractivity contribution < 1.29 is 5.11 Å². The SMILES string of the molecule is Cc1ccc(Nc2n[nH]c(=S)s2)c(O)c1. The third kappa shape index (κ3) is 2.34. The summed E-state index contributed by atoms with van der Waals surface area (Å²) in [7, 11) is 0. The van der Waals surface area contributed by atoms with Crippen molar-refractivity contribution in [3.05, 3.63) is 27.7 Å². The van der Waals surface area contributed by atoms with E-state index in [0.717, 1.165) is 5.56 Å². The smallest absolute Gasteiger partial charge is 0.208 e. The van der Waals surface area contributed by atoms with Gasteiger partial charge in [-0.3, -0.25) is 5.10 Å². The number of anilines is 2. The van der Waals surface area contributed by atoms with E-state index in [-0.39, 0.29) is 5.75 Å². The predicted octanol–water partition coefficient (Wildman–Crippen LogP) is 2.96. The zero-order valence-corrected chi connectivity index (χ0v) is 9.58. The molecule has 0 aliphatic rings. The number of aromatic amines is 1. The van der Waals surface area contributed by atoms with Crippen molar-refractivity contribution in [2.45, 2.75) is 6.92 Å². The molecule has 2 aromatic rings. The van der Waals surface area contributed by atoms with Gasteiger partial charge in [0, 0.05) is 0 Å². The Morgan fingerprint density at radius 1 is 1.53 bits per heavy atom. The van der Waals surface area contributed by atoms with Gasteiger partial charge in [0.15, 0.2) is 3.95 Å². The minimum atomic E-state index is 0.205. The highest BCUT2D eigenvalue weighted by Crippen LogP contribution is 2.27. The number of nitrogens with zero attached hydrogens (tertiary/aromatic N) is 1. The van der Waals surface area contributed by atoms with Crippen LogP contribution in [0.25, 0.3) is 0 Å². The number of rotatable bonds is 2. The molecule has 1 heterocycles. The van der Waals surface area contributed by atoms with Gasteiger partial charge >= 0.3 is 0 Å². The third-order valence-corrected chi connectivity index (χ3v) is 2.84. The van der Waals surface area contributed by atoms with Crippen LogP contribution in [0.2, 0.25) is 0 Å². The van der Waals surface area contributed by atoms with Gasteiger partial charge in [0.05, 0.1) is 5.69 Å². The lowest BCUT2D eigenvalue weighted by molar-refractivity contribution is 0.477. The average Bonchev–Trinajstić information content (AvgIpc) is 2.56. The summed E-state index contributed by atoms with van der Waals surface area (Å²) in [5.74, 6) is 0.205. The molecule has 2 rings (SSSR count). The summed E-state index contributed by atoms with van der Waals surface area (Å²) < 4.78 is 0.601. The van der Waals surface area contributed by atoms with Crippen LogP contribution in [-0.4, -0.2) is 15.3 Å². The molecule has 0 amide bonds. The number of nitrogens with one attached hydrogen (secondary N) is 2. The van der Waals surface area contributed by atoms with E-state index in [0.29, 0.717) is 14.8 Å². The number of hydrogen-bond donors (Lipinski definition) is 3. The molecular formula is C9H9N3OS2. The van der Waals surface area contributed by atoms with E-state index >= 15 is 0 Å². The molecule has 0 saturated carbocycles. The van der Waals surface area contributed by atoms with E-state index < -0.39 is 0 Å². The van der Waals surface area contributed by atoms with Gasteiger partial charge in [-0.2, -0.15) is 0 Å². The monoisotopic (exact) mass is 239 g/mol. The van der Waals surface area contributed by atoms with Gasteiger partial charge in [-0.05, 0) is 36.8 Å². The molecule has 0 spiro atoms. The molecule has 0 radical (unpaired) electrons. The van der Waals surface area contributed by atoms with Gasteiger partial charge in [-0.1, -0.05) is 17.4 Å². The molecule has 0 atom stereocenters. The minimum absolute atomic E-state index is 0.205. The summed E-state index contributed by atoms with van der Waals surface area (Å²) in [5, 5.41) is 19.9. The Morgan fingerprint density at radius 3 is 2.93 bits per heavy atom. The number of aromatic hydroxyl groups is 1. The predicted molar refractivity (Wildman–Crippen MR) is 63.4 cm³/mol. The topological polar surface area (TPSA) is 60.9 Å². The van der Waals surface area contributed by atoms with Crippen LogP contribution < -0.4 is 5.32 Å². The third-order valence-electron chi connectivity index (χ3n) is 1.83. The van der Waals surface area contributed by atoms with E-state index in [9.17, 15) is 5.11 Å². The zero-order chi connectivity index (χ0) is 10.8. The Hall–Kier alpha value is -1.40. The summed E-state index contributed by atoms with van der Waals surface area (Å²) in [4.78, 5) is 0. The maximum Gasteiger partial charge on any atom is 0.208 e. The Labute approximate surface area is 95.6 Å². The number of phenols is 1. The highest BCUT2D eigenvalue weighted by molar-refractivity contribution is 7.73. The first-order chi connectivity index (χ1) is 7.15. The van der Waals surface area contributed by atoms with Crippen LogP contribution in [0.1, 0.15) is 5.56 Å². The second kappa shape index (κ2) is 4.00. The lowest BCUT2D eigenvalue weighted by Gasteiger charge is -2.05. The summed E-state index contributed by atoms with van der Waals surface area (Å²) in [5.41, 5.74) is 1.63. The second-order valence-electron chi connectivity index (χ2n) is 3.06. The van der Waals surface area contributed by atoms with Crippen LogP contribution in [0.15, 0.2) is 18.2 Å². The molecule has 15 heavy (non-hydrogen) atoms. The Morgan fingerprint density at radius 2 is 2.33 bits per heavy atom. The van der Waals surface area contributed by atoms with Crippen molar-refractivity contribution in [1.29, 1.82) is 0 Å². The van der Waals surface area contributed by atoms with Crippen LogP contribution in [-0.2, 0) is 0 Å². The van der Waals surface area contributed by atoms with Crippen LogP contribution in [0.3, 0.4) is 0 Å². The van der Waals surface area contributed by atoms with E-state index in [4.69, 9.17) is 12.2 Å². The second-order valence-corrected chi connectivity index (χ2v) is 4.73. The maximum atomic E-state index is 9.64. The lowest BCUT2D eigenvalue weighted by atomic mass is 10.2. The molecule has 6 heteroatoms. The molecule has 4 nitrogen and oxygen atoms in total. The quantitative estimate of drug-likeness (QED) is 0.557. The molecule has 0 saturated heterocycles. The minimum Gasteiger partial charge on any atom is -0.506 e. The fourth-order valence-corrected chi connectivity index (χ4v) is 1.95. The van der Waals surface area contributed by atoms with E-state index in [2.05, 4.69) is 15.5 Å². The molecule has 0 unspecified atom stereocenters. The van der Waals surface area contributed by atoms with Crippen molar-refractivity contribution in [3.63, 3.8) is 0 Å². The van der Waals surface area contributed by atoms with Gasteiger partial charge in [0.2, 0.25) is 5.13 Å². The zero-order valence-electron chi connectivity index (χ0n) is 7.94. The highest BCUT2D eigenvalue weighted by Gasteiger charge is 2.03. The van der Waals surface area contributed by atoms with Crippen molar-refractivity contribution in [2.24, 2.45) is 0 Å². The Balaban J connectivity index is 2.28. The lowest BCUT2D eigenvalue weighted by Crippen LogP contribution is -1.90. The number of phenolic OH excluding ortho intramolecular Hbond substituents is 1. The van der Waals surface area contributed by atoms with Crippen LogP contribution in [0.5, 0.6) is 5.75 Å². The van der Waals surface area contributed by atoms with Gasteiger partial charge in [0.1, 0.15) is 5.75 Å². The molecule has 1 aromatic heterocycles. The average molecular weight is 239 g/mol. The van der Waals surface area contributed by atoms with Crippen molar-refractivity contribution in [3.8, 4) is 5.75 Å². The molecule has 3 N–H and O–H groups in total. The van der Waals surface area contributed by atoms with E-state index in [1.165, 1.54) is 11.3 Å². The molecule has 0 aliphatic heterocycles. The van der Waals surface area contributed by atoms with Gasteiger partial charge < -0.3 is 10.4 Å². The Bertz CT molecular complexity index is 532. The molecule has 0 aliphatic carbocycles. The summed E-state index contributed by atoms with van der Waals surface area (Å²) in [6.45, 7) is 1.92. The van der Waals surface area contributed by atoms with Crippen LogP contribution in [0.4, 0.5) is 10.8 Å². The van der Waals surface area contributed by atoms with Gasteiger partial charge in [0.25, 0.3) is 0 Å². The van der Waals surface area contributed by atoms with E-state index in [1.54, 1.807) is 12.1 Å². The van der Waals surface area contributed by atoms with Gasteiger partial charge in [-0.15, -0.1) is 5.10 Å². The summed E-state index contributed by atoms with van der Waals surface area (Å²) in [6, 6.07) is 5.40. The standard InChI is InChI=1S/C9H9N3OS2/c1-5-2-3-6(7(13)4-5)10-8-11-12-9(14)15-8/h2-4,13H,1H3,(H,10,11)(H,12,14). The summed E-state index contributed by atoms with van der Waals surface area (Å²) in [6.07, 6.45) is 0. The first-order valence-corrected chi connectivity index (χ1v) is 5.50. The number of benzene rings is 1. The molecule has 1 aromatic carbocycles. The molecule has 78 valence electrons. The molecular weight excluding hydrogens is 230 g/mol. The van der Waals surface area contributed by atoms with Crippen molar-refractivity contribution in [1.82, 2.24) is 10.2 Å². The highest BCUT2D eigenvalue weighted by atomic mass is 32.1.